The first-order chi connectivity index (χ1) is 10.8. The zero-order chi connectivity index (χ0) is 16.9. The van der Waals surface area contributed by atoms with E-state index in [1.54, 1.807) is 0 Å². The Balaban J connectivity index is 2.54. The summed E-state index contributed by atoms with van der Waals surface area (Å²) >= 11 is 0. The molecule has 23 heavy (non-hydrogen) atoms. The van der Waals surface area contributed by atoms with Gasteiger partial charge in [-0.3, -0.25) is 35.1 Å². The highest BCUT2D eigenvalue weighted by Crippen LogP contribution is 2.49. The quantitative estimate of drug-likeness (QED) is 0.532. The minimum absolute atomic E-state index is 0.0802. The average Bonchev–Trinajstić information content (AvgIpc) is 2.78. The Bertz CT molecular complexity index is 935. The summed E-state index contributed by atoms with van der Waals surface area (Å²) in [6.45, 7) is 0. The first kappa shape index (κ1) is 14.3. The van der Waals surface area contributed by atoms with E-state index < -0.39 is 43.2 Å². The van der Waals surface area contributed by atoms with E-state index in [1.165, 1.54) is 24.3 Å². The van der Waals surface area contributed by atoms with Crippen molar-refractivity contribution in [3.63, 3.8) is 0 Å². The van der Waals surface area contributed by atoms with Crippen molar-refractivity contribution < 1.29 is 19.6 Å². The molecule has 0 fully saturated rings. The van der Waals surface area contributed by atoms with Crippen LogP contribution in [0.25, 0.3) is 11.1 Å². The average molecular weight is 314 g/mol. The zero-order valence-corrected chi connectivity index (χ0v) is 11.0. The van der Waals surface area contributed by atoms with Gasteiger partial charge in [-0.25, -0.2) is 0 Å². The van der Waals surface area contributed by atoms with Crippen molar-refractivity contribution in [1.29, 1.82) is 0 Å². The minimum atomic E-state index is -1.29. The molecule has 3 rings (SSSR count). The number of benzene rings is 2. The van der Waals surface area contributed by atoms with Gasteiger partial charge < -0.3 is 0 Å². The molecule has 0 aromatic heterocycles. The van der Waals surface area contributed by atoms with Crippen LogP contribution in [0, 0.1) is 36.4 Å². The topological polar surface area (TPSA) is 146 Å². The predicted octanol–water partition coefficient (Wildman–Crippen LogP) is 2.42. The molecule has 0 heterocycles. The largest absolute Gasteiger partial charge is 0.423 e. The molecule has 0 saturated carbocycles. The third kappa shape index (κ3) is 1.85. The molecular weight excluding hydrogens is 310 g/mol. The molecule has 0 bridgehead atoms. The number of fused-ring (bicyclic) bond motifs is 3. The summed E-state index contributed by atoms with van der Waals surface area (Å²) in [4.78, 5) is 42.3. The molecule has 0 unspecified atom stereocenters. The molecule has 1 radical (unpaired) electrons. The van der Waals surface area contributed by atoms with E-state index >= 15 is 0 Å². The van der Waals surface area contributed by atoms with Gasteiger partial charge in [-0.15, -0.1) is 0 Å². The van der Waals surface area contributed by atoms with Crippen molar-refractivity contribution in [3.05, 3.63) is 71.8 Å². The lowest BCUT2D eigenvalue weighted by molar-refractivity contribution is -0.440. The molecule has 0 aliphatic heterocycles. The Morgan fingerprint density at radius 3 is 1.91 bits per heavy atom. The third-order valence-electron chi connectivity index (χ3n) is 3.39. The molecule has 10 heteroatoms. The monoisotopic (exact) mass is 314 g/mol. The molecular formula is C13H4N3O7. The lowest BCUT2D eigenvalue weighted by atomic mass is 10.0. The molecule has 1 aliphatic carbocycles. The Morgan fingerprint density at radius 2 is 1.39 bits per heavy atom. The third-order valence-corrected chi connectivity index (χ3v) is 3.39. The van der Waals surface area contributed by atoms with E-state index in [0.29, 0.717) is 0 Å². The molecule has 2 aromatic carbocycles. The van der Waals surface area contributed by atoms with Crippen LogP contribution in [0.3, 0.4) is 0 Å². The van der Waals surface area contributed by atoms with Crippen LogP contribution in [0.5, 0.6) is 0 Å². The van der Waals surface area contributed by atoms with Crippen molar-refractivity contribution >= 4 is 22.8 Å². The first-order valence-electron chi connectivity index (χ1n) is 6.05. The van der Waals surface area contributed by atoms with Crippen molar-refractivity contribution in [2.24, 2.45) is 0 Å². The summed E-state index contributed by atoms with van der Waals surface area (Å²) in [7, 11) is 0. The SMILES string of the molecule is O=C1c2[c]c([N+](=O)[O-])c([N+](=O)[O-])c([N+](=O)[O-])c2-c2ccccc21. The van der Waals surface area contributed by atoms with Crippen LogP contribution in [-0.2, 0) is 0 Å². The molecule has 0 N–H and O–H groups in total. The second-order valence-electron chi connectivity index (χ2n) is 4.57. The summed E-state index contributed by atoms with van der Waals surface area (Å²) < 4.78 is 0. The Labute approximate surface area is 126 Å². The fourth-order valence-corrected chi connectivity index (χ4v) is 2.54. The van der Waals surface area contributed by atoms with Gasteiger partial charge >= 0.3 is 17.1 Å². The Hall–Kier alpha value is -3.69. The number of hydrogen-bond acceptors (Lipinski definition) is 7. The van der Waals surface area contributed by atoms with Crippen LogP contribution in [0.1, 0.15) is 15.9 Å². The van der Waals surface area contributed by atoms with Gasteiger partial charge in [0.05, 0.1) is 32.0 Å². The van der Waals surface area contributed by atoms with Crippen molar-refractivity contribution in [1.82, 2.24) is 0 Å². The van der Waals surface area contributed by atoms with Gasteiger partial charge in [0.1, 0.15) is 0 Å². The number of nitro benzene ring substituents is 3. The number of nitro groups is 3. The summed E-state index contributed by atoms with van der Waals surface area (Å²) in [6.07, 6.45) is 0. The molecule has 0 spiro atoms. The maximum absolute atomic E-state index is 12.3. The minimum Gasteiger partial charge on any atom is -0.289 e. The van der Waals surface area contributed by atoms with Gasteiger partial charge in [0.15, 0.2) is 5.78 Å². The van der Waals surface area contributed by atoms with Crippen LogP contribution >= 0.6 is 0 Å². The molecule has 1 aliphatic rings. The van der Waals surface area contributed by atoms with Gasteiger partial charge in [0.2, 0.25) is 0 Å². The highest BCUT2D eigenvalue weighted by atomic mass is 16.6. The molecule has 0 saturated heterocycles. The summed E-state index contributed by atoms with van der Waals surface area (Å²) in [5.41, 5.74) is -4.09. The fourth-order valence-electron chi connectivity index (χ4n) is 2.54. The van der Waals surface area contributed by atoms with E-state index in [1.807, 2.05) is 0 Å². The molecule has 0 amide bonds. The second-order valence-corrected chi connectivity index (χ2v) is 4.57. The lowest BCUT2D eigenvalue weighted by Gasteiger charge is -2.03. The number of ketones is 1. The summed E-state index contributed by atoms with van der Waals surface area (Å²) in [5, 5.41) is 33.5. The lowest BCUT2D eigenvalue weighted by Crippen LogP contribution is -2.05. The normalized spacial score (nSPS) is 11.7. The Morgan fingerprint density at radius 1 is 0.826 bits per heavy atom. The number of carbonyl (C=O) groups is 1. The smallest absolute Gasteiger partial charge is 0.289 e. The Kier molecular flexibility index (Phi) is 2.89. The number of rotatable bonds is 3. The van der Waals surface area contributed by atoms with E-state index in [4.69, 9.17) is 0 Å². The highest BCUT2D eigenvalue weighted by molar-refractivity contribution is 6.24. The van der Waals surface area contributed by atoms with Gasteiger partial charge in [-0.2, -0.15) is 0 Å². The maximum Gasteiger partial charge on any atom is 0.423 e. The van der Waals surface area contributed by atoms with Gasteiger partial charge in [-0.05, 0) is 0 Å². The second kappa shape index (κ2) is 4.66. The van der Waals surface area contributed by atoms with Crippen LogP contribution in [-0.4, -0.2) is 20.6 Å². The van der Waals surface area contributed by atoms with Crippen LogP contribution < -0.4 is 0 Å². The molecule has 10 nitrogen and oxygen atoms in total. The van der Waals surface area contributed by atoms with E-state index in [2.05, 4.69) is 6.07 Å². The fraction of sp³-hybridized carbons (Fsp3) is 0. The van der Waals surface area contributed by atoms with E-state index in [-0.39, 0.29) is 16.7 Å². The van der Waals surface area contributed by atoms with Crippen molar-refractivity contribution in [2.45, 2.75) is 0 Å². The number of hydrogen-bond donors (Lipinski definition) is 0. The van der Waals surface area contributed by atoms with E-state index in [9.17, 15) is 35.1 Å². The van der Waals surface area contributed by atoms with Gasteiger partial charge in [0.25, 0.3) is 0 Å². The van der Waals surface area contributed by atoms with Crippen LogP contribution in [0.4, 0.5) is 17.1 Å². The number of nitrogens with zero attached hydrogens (tertiary/aromatic N) is 3. The predicted molar refractivity (Wildman–Crippen MR) is 74.1 cm³/mol. The summed E-state index contributed by atoms with van der Waals surface area (Å²) in [5.74, 6) is -0.698. The van der Waals surface area contributed by atoms with Gasteiger partial charge in [0, 0.05) is 11.1 Å². The van der Waals surface area contributed by atoms with E-state index in [0.717, 1.165) is 0 Å². The zero-order valence-electron chi connectivity index (χ0n) is 11.0. The standard InChI is InChI=1S/C13H4N3O7/c17-13-7-4-2-1-3-6(7)10-8(13)5-9(14(18)19)11(15(20)21)12(10)16(22)23/h1-4H. The highest BCUT2D eigenvalue weighted by Gasteiger charge is 2.46. The first-order valence-corrected chi connectivity index (χ1v) is 6.05. The number of carbonyl (C=O) groups excluding carboxylic acids is 1. The molecule has 2 aromatic rings. The molecule has 113 valence electrons. The van der Waals surface area contributed by atoms with Gasteiger partial charge in [-0.1, -0.05) is 24.3 Å². The van der Waals surface area contributed by atoms with Crippen molar-refractivity contribution in [3.8, 4) is 11.1 Å². The van der Waals surface area contributed by atoms with Crippen LogP contribution in [0.15, 0.2) is 24.3 Å². The van der Waals surface area contributed by atoms with Crippen LogP contribution in [0.2, 0.25) is 0 Å². The summed E-state index contributed by atoms with van der Waals surface area (Å²) in [6, 6.07) is 7.85. The van der Waals surface area contributed by atoms with Crippen molar-refractivity contribution in [2.75, 3.05) is 0 Å². The molecule has 0 atom stereocenters. The maximum atomic E-state index is 12.3.